The number of hydrogen-bond acceptors (Lipinski definition) is 5. The maximum absolute atomic E-state index is 12.4. The van der Waals surface area contributed by atoms with Crippen LogP contribution in [-0.4, -0.2) is 34.7 Å². The molecule has 1 aromatic carbocycles. The molecule has 28 heavy (non-hydrogen) atoms. The molecule has 1 aliphatic heterocycles. The topological polar surface area (TPSA) is 49.9 Å². The zero-order valence-corrected chi connectivity index (χ0v) is 17.9. The Hall–Kier alpha value is -2.38. The minimum Gasteiger partial charge on any atom is -0.497 e. The number of amides is 2. The summed E-state index contributed by atoms with van der Waals surface area (Å²) in [7, 11) is 1.60. The summed E-state index contributed by atoms with van der Waals surface area (Å²) < 4.78 is 5.74. The summed E-state index contributed by atoms with van der Waals surface area (Å²) in [5, 5.41) is 0. The first-order valence-electron chi connectivity index (χ1n) is 9.00. The van der Waals surface area contributed by atoms with E-state index in [1.807, 2.05) is 12.1 Å². The normalized spacial score (nSPS) is 16.0. The van der Waals surface area contributed by atoms with Crippen LogP contribution in [0.25, 0.3) is 0 Å². The number of unbranched alkanes of at least 4 members (excludes halogenated alkanes) is 1. The molecular weight excluding hydrogens is 392 g/mol. The van der Waals surface area contributed by atoms with E-state index in [0.29, 0.717) is 15.8 Å². The molecule has 0 N–H and O–H groups in total. The van der Waals surface area contributed by atoms with Gasteiger partial charge in [0, 0.05) is 25.4 Å². The Morgan fingerprint density at radius 1 is 1.25 bits per heavy atom. The summed E-state index contributed by atoms with van der Waals surface area (Å²) in [4.78, 5) is 28.1. The van der Waals surface area contributed by atoms with E-state index in [1.165, 1.54) is 23.6 Å². The van der Waals surface area contributed by atoms with Gasteiger partial charge in [-0.3, -0.25) is 19.4 Å². The predicted molar refractivity (Wildman–Crippen MR) is 119 cm³/mol. The molecule has 0 spiro atoms. The van der Waals surface area contributed by atoms with E-state index >= 15 is 0 Å². The fourth-order valence-electron chi connectivity index (χ4n) is 2.48. The van der Waals surface area contributed by atoms with Gasteiger partial charge in [0.15, 0.2) is 0 Å². The molecule has 2 amide bonds. The Balaban J connectivity index is 2.02. The number of allylic oxidation sites excluding steroid dienone is 4. The lowest BCUT2D eigenvalue weighted by molar-refractivity contribution is -0.122. The molecule has 7 heteroatoms. The molecule has 5 nitrogen and oxygen atoms in total. The predicted octanol–water partition coefficient (Wildman–Crippen LogP) is 4.66. The number of carbonyl (C=O) groups excluding carboxylic acids is 2. The Morgan fingerprint density at radius 2 is 1.96 bits per heavy atom. The molecule has 0 atom stereocenters. The lowest BCUT2D eigenvalue weighted by Gasteiger charge is -2.16. The Bertz CT molecular complexity index is 813. The Morgan fingerprint density at radius 3 is 2.57 bits per heavy atom. The van der Waals surface area contributed by atoms with Crippen molar-refractivity contribution in [3.05, 3.63) is 59.7 Å². The van der Waals surface area contributed by atoms with Gasteiger partial charge in [0.05, 0.1) is 12.0 Å². The molecule has 0 radical (unpaired) electrons. The average molecular weight is 417 g/mol. The van der Waals surface area contributed by atoms with E-state index in [2.05, 4.69) is 6.92 Å². The number of thioether (sulfide) groups is 1. The van der Waals surface area contributed by atoms with Gasteiger partial charge >= 0.3 is 0 Å². The summed E-state index contributed by atoms with van der Waals surface area (Å²) in [6.07, 6.45) is 10.7. The highest BCUT2D eigenvalue weighted by atomic mass is 32.2. The van der Waals surface area contributed by atoms with Crippen LogP contribution < -0.4 is 9.64 Å². The lowest BCUT2D eigenvalue weighted by Crippen LogP contribution is -2.28. The molecule has 1 heterocycles. The number of anilines is 1. The zero-order valence-electron chi connectivity index (χ0n) is 16.3. The quantitative estimate of drug-likeness (QED) is 0.350. The average Bonchev–Trinajstić information content (AvgIpc) is 2.96. The smallest absolute Gasteiger partial charge is 0.266 e. The van der Waals surface area contributed by atoms with Crippen LogP contribution in [0.2, 0.25) is 0 Å². The van der Waals surface area contributed by atoms with Crippen molar-refractivity contribution < 1.29 is 14.3 Å². The van der Waals surface area contributed by atoms with E-state index in [0.717, 1.165) is 24.3 Å². The van der Waals surface area contributed by atoms with Crippen LogP contribution in [-0.2, 0) is 9.59 Å². The van der Waals surface area contributed by atoms with Crippen molar-refractivity contribution in [3.63, 3.8) is 0 Å². The first-order chi connectivity index (χ1) is 13.5. The standard InChI is InChI=1S/C21H24N2O3S2/c1-4-5-14-23-20(25)19(28-21(23)27)9-7-6-8-15-22(16(2)24)17-10-12-18(26-3)13-11-17/h6-13,15H,4-5,14H2,1-3H3/b7-6+,15-8+,19-9-. The minimum absolute atomic E-state index is 0.0410. The Kier molecular flexibility index (Phi) is 8.47. The van der Waals surface area contributed by atoms with Crippen LogP contribution in [0.1, 0.15) is 26.7 Å². The summed E-state index contributed by atoms with van der Waals surface area (Å²) in [5.41, 5.74) is 0.745. The molecule has 0 saturated carbocycles. The van der Waals surface area contributed by atoms with Crippen LogP contribution in [0, 0.1) is 0 Å². The minimum atomic E-state index is -0.105. The van der Waals surface area contributed by atoms with E-state index in [9.17, 15) is 9.59 Å². The van der Waals surface area contributed by atoms with Gasteiger partial charge in [-0.2, -0.15) is 0 Å². The number of carbonyl (C=O) groups is 2. The SMILES string of the molecule is CCCCN1C(=O)/C(=C/C=C/C=C/N(C(C)=O)c2ccc(OC)cc2)SC1=S. The van der Waals surface area contributed by atoms with Crippen LogP contribution >= 0.6 is 24.0 Å². The largest absolute Gasteiger partial charge is 0.497 e. The van der Waals surface area contributed by atoms with Gasteiger partial charge in [-0.05, 0) is 42.8 Å². The second-order valence-electron chi connectivity index (χ2n) is 6.02. The highest BCUT2D eigenvalue weighted by molar-refractivity contribution is 8.26. The van der Waals surface area contributed by atoms with Crippen molar-refractivity contribution in [1.82, 2.24) is 4.90 Å². The fraction of sp³-hybridized carbons (Fsp3) is 0.286. The van der Waals surface area contributed by atoms with Gasteiger partial charge in [-0.25, -0.2) is 0 Å². The summed E-state index contributed by atoms with van der Waals surface area (Å²) in [5.74, 6) is 0.583. The van der Waals surface area contributed by atoms with Gasteiger partial charge < -0.3 is 4.74 Å². The number of benzene rings is 1. The fourth-order valence-corrected chi connectivity index (χ4v) is 3.74. The maximum Gasteiger partial charge on any atom is 0.266 e. The van der Waals surface area contributed by atoms with Crippen molar-refractivity contribution in [2.24, 2.45) is 0 Å². The number of thiocarbonyl (C=S) groups is 1. The zero-order chi connectivity index (χ0) is 20.5. The molecule has 0 aliphatic carbocycles. The lowest BCUT2D eigenvalue weighted by atomic mass is 10.2. The van der Waals surface area contributed by atoms with Crippen molar-refractivity contribution in [2.75, 3.05) is 18.6 Å². The van der Waals surface area contributed by atoms with Crippen LogP contribution in [0.3, 0.4) is 0 Å². The number of nitrogens with zero attached hydrogens (tertiary/aromatic N) is 2. The molecule has 2 rings (SSSR count). The molecule has 1 saturated heterocycles. The van der Waals surface area contributed by atoms with Crippen LogP contribution in [0.15, 0.2) is 59.7 Å². The number of rotatable bonds is 8. The number of hydrogen-bond donors (Lipinski definition) is 0. The molecule has 0 aromatic heterocycles. The van der Waals surface area contributed by atoms with Crippen LogP contribution in [0.4, 0.5) is 5.69 Å². The van der Waals surface area contributed by atoms with Gasteiger partial charge in [0.1, 0.15) is 10.1 Å². The van der Waals surface area contributed by atoms with E-state index in [-0.39, 0.29) is 11.8 Å². The third-order valence-corrected chi connectivity index (χ3v) is 5.40. The van der Waals surface area contributed by atoms with E-state index in [1.54, 1.807) is 54.6 Å². The second-order valence-corrected chi connectivity index (χ2v) is 7.70. The Labute approximate surface area is 175 Å². The van der Waals surface area contributed by atoms with Crippen LogP contribution in [0.5, 0.6) is 5.75 Å². The van der Waals surface area contributed by atoms with E-state index < -0.39 is 0 Å². The van der Waals surface area contributed by atoms with Gasteiger partial charge in [-0.1, -0.05) is 49.5 Å². The summed E-state index contributed by atoms with van der Waals surface area (Å²) in [6, 6.07) is 7.23. The second kappa shape index (κ2) is 10.8. The van der Waals surface area contributed by atoms with Gasteiger partial charge in [-0.15, -0.1) is 0 Å². The highest BCUT2D eigenvalue weighted by Crippen LogP contribution is 2.31. The highest BCUT2D eigenvalue weighted by Gasteiger charge is 2.30. The molecule has 1 aliphatic rings. The van der Waals surface area contributed by atoms with Crippen molar-refractivity contribution in [2.45, 2.75) is 26.7 Å². The monoisotopic (exact) mass is 416 g/mol. The molecule has 1 fully saturated rings. The molecule has 1 aromatic rings. The number of ether oxygens (including phenoxy) is 1. The summed E-state index contributed by atoms with van der Waals surface area (Å²) in [6.45, 7) is 4.25. The van der Waals surface area contributed by atoms with Gasteiger partial charge in [0.2, 0.25) is 5.91 Å². The summed E-state index contributed by atoms with van der Waals surface area (Å²) >= 11 is 6.60. The maximum atomic E-state index is 12.4. The van der Waals surface area contributed by atoms with Crippen molar-refractivity contribution in [3.8, 4) is 5.75 Å². The third-order valence-electron chi connectivity index (χ3n) is 4.00. The van der Waals surface area contributed by atoms with Gasteiger partial charge in [0.25, 0.3) is 5.91 Å². The first kappa shape index (κ1) is 21.9. The molecule has 148 valence electrons. The van der Waals surface area contributed by atoms with Crippen molar-refractivity contribution >= 4 is 45.8 Å². The third kappa shape index (κ3) is 5.81. The molecular formula is C21H24N2O3S2. The molecule has 0 bridgehead atoms. The van der Waals surface area contributed by atoms with E-state index in [4.69, 9.17) is 17.0 Å². The van der Waals surface area contributed by atoms with Crippen molar-refractivity contribution in [1.29, 1.82) is 0 Å². The number of methoxy groups -OCH3 is 1. The molecule has 0 unspecified atom stereocenters. The first-order valence-corrected chi connectivity index (χ1v) is 10.2.